The summed E-state index contributed by atoms with van der Waals surface area (Å²) in [5.41, 5.74) is 0.566. The lowest BCUT2D eigenvalue weighted by atomic mass is 10.1. The van der Waals surface area contributed by atoms with Gasteiger partial charge in [0.25, 0.3) is 5.91 Å². The lowest BCUT2D eigenvalue weighted by molar-refractivity contribution is 0.0748. The molecule has 0 aliphatic carbocycles. The second-order valence-electron chi connectivity index (χ2n) is 4.98. The molecule has 1 saturated heterocycles. The number of amides is 1. The maximum Gasteiger partial charge on any atom is 0.257 e. The maximum atomic E-state index is 12.6. The van der Waals surface area contributed by atoms with Crippen LogP contribution in [-0.2, 0) is 0 Å². The Kier molecular flexibility index (Phi) is 5.26. The second kappa shape index (κ2) is 6.95. The Bertz CT molecular complexity index is 473. The van der Waals surface area contributed by atoms with Crippen molar-refractivity contribution in [3.63, 3.8) is 0 Å². The van der Waals surface area contributed by atoms with E-state index in [9.17, 15) is 4.79 Å². The molecule has 1 heterocycles. The van der Waals surface area contributed by atoms with Crippen LogP contribution in [0.1, 0.15) is 30.1 Å². The molecule has 1 amide bonds. The molecule has 0 radical (unpaired) electrons. The monoisotopic (exact) mass is 296 g/mol. The fourth-order valence-electron chi connectivity index (χ4n) is 2.55. The number of nitrogens with zero attached hydrogens (tertiary/aromatic N) is 1. The molecule has 0 bridgehead atoms. The van der Waals surface area contributed by atoms with E-state index in [1.165, 1.54) is 6.42 Å². The van der Waals surface area contributed by atoms with Crippen molar-refractivity contribution in [2.24, 2.45) is 0 Å². The van der Waals surface area contributed by atoms with Gasteiger partial charge in [-0.1, -0.05) is 11.6 Å². The Morgan fingerprint density at radius 3 is 2.95 bits per heavy atom. The lowest BCUT2D eigenvalue weighted by Crippen LogP contribution is -2.41. The Labute approximate surface area is 125 Å². The van der Waals surface area contributed by atoms with Gasteiger partial charge in [0, 0.05) is 24.2 Å². The van der Waals surface area contributed by atoms with Crippen LogP contribution in [0.4, 0.5) is 0 Å². The van der Waals surface area contributed by atoms with Crippen LogP contribution in [0, 0.1) is 0 Å². The average molecular weight is 297 g/mol. The van der Waals surface area contributed by atoms with E-state index in [0.29, 0.717) is 28.9 Å². The van der Waals surface area contributed by atoms with E-state index in [1.807, 2.05) is 11.8 Å². The molecule has 1 fully saturated rings. The molecule has 0 saturated carbocycles. The summed E-state index contributed by atoms with van der Waals surface area (Å²) in [5, 5.41) is 3.99. The summed E-state index contributed by atoms with van der Waals surface area (Å²) in [5.74, 6) is 0.523. The number of halogens is 1. The molecule has 110 valence electrons. The number of carbonyl (C=O) groups excluding carboxylic acids is 1. The number of methoxy groups -OCH3 is 1. The standard InChI is InChI=1S/C15H21ClN2O2/c1-3-18(10-12-5-4-8-17-12)15(19)13-7-6-11(16)9-14(13)20-2/h6-7,9,12,17H,3-5,8,10H2,1-2H3. The first-order chi connectivity index (χ1) is 9.65. The van der Waals surface area contributed by atoms with E-state index >= 15 is 0 Å². The first-order valence-corrected chi connectivity index (χ1v) is 7.39. The summed E-state index contributed by atoms with van der Waals surface area (Å²) in [4.78, 5) is 14.5. The van der Waals surface area contributed by atoms with Gasteiger partial charge in [-0.15, -0.1) is 0 Å². The van der Waals surface area contributed by atoms with Crippen LogP contribution in [-0.4, -0.2) is 43.6 Å². The zero-order valence-corrected chi connectivity index (χ0v) is 12.7. The van der Waals surface area contributed by atoms with Gasteiger partial charge in [0.05, 0.1) is 12.7 Å². The van der Waals surface area contributed by atoms with Gasteiger partial charge >= 0.3 is 0 Å². The molecule has 1 aliphatic rings. The van der Waals surface area contributed by atoms with Crippen LogP contribution in [0.5, 0.6) is 5.75 Å². The lowest BCUT2D eigenvalue weighted by Gasteiger charge is -2.25. The van der Waals surface area contributed by atoms with Gasteiger partial charge in [-0.3, -0.25) is 4.79 Å². The molecule has 1 aromatic rings. The van der Waals surface area contributed by atoms with Crippen LogP contribution in [0.25, 0.3) is 0 Å². The van der Waals surface area contributed by atoms with Gasteiger partial charge in [-0.2, -0.15) is 0 Å². The third-order valence-corrected chi connectivity index (χ3v) is 3.90. The quantitative estimate of drug-likeness (QED) is 0.908. The highest BCUT2D eigenvalue weighted by Gasteiger charge is 2.23. The average Bonchev–Trinajstić information content (AvgIpc) is 2.96. The van der Waals surface area contributed by atoms with E-state index in [4.69, 9.17) is 16.3 Å². The van der Waals surface area contributed by atoms with Crippen LogP contribution in [0.2, 0.25) is 5.02 Å². The summed E-state index contributed by atoms with van der Waals surface area (Å²) in [6.45, 7) is 4.46. The minimum Gasteiger partial charge on any atom is -0.496 e. The molecule has 1 aromatic carbocycles. The Hall–Kier alpha value is -1.26. The van der Waals surface area contributed by atoms with Crippen molar-refractivity contribution in [2.75, 3.05) is 26.7 Å². The molecule has 2 rings (SSSR count). The van der Waals surface area contributed by atoms with Crippen molar-refractivity contribution in [3.05, 3.63) is 28.8 Å². The Morgan fingerprint density at radius 1 is 1.55 bits per heavy atom. The van der Waals surface area contributed by atoms with Crippen LogP contribution in [0.15, 0.2) is 18.2 Å². The normalized spacial score (nSPS) is 18.1. The van der Waals surface area contributed by atoms with Crippen LogP contribution >= 0.6 is 11.6 Å². The van der Waals surface area contributed by atoms with Crippen molar-refractivity contribution < 1.29 is 9.53 Å². The molecule has 1 aliphatic heterocycles. The highest BCUT2D eigenvalue weighted by atomic mass is 35.5. The van der Waals surface area contributed by atoms with Gasteiger partial charge in [-0.25, -0.2) is 0 Å². The minimum absolute atomic E-state index is 0.00489. The van der Waals surface area contributed by atoms with Crippen LogP contribution < -0.4 is 10.1 Å². The third kappa shape index (κ3) is 3.44. The number of nitrogens with one attached hydrogen (secondary N) is 1. The molecular formula is C15H21ClN2O2. The topological polar surface area (TPSA) is 41.6 Å². The number of rotatable bonds is 5. The largest absolute Gasteiger partial charge is 0.496 e. The summed E-state index contributed by atoms with van der Waals surface area (Å²) < 4.78 is 5.26. The molecular weight excluding hydrogens is 276 g/mol. The molecule has 1 N–H and O–H groups in total. The number of likely N-dealkylation sites (N-methyl/N-ethyl adjacent to an activating group) is 1. The van der Waals surface area contributed by atoms with Gasteiger partial charge < -0.3 is 15.0 Å². The van der Waals surface area contributed by atoms with Crippen molar-refractivity contribution >= 4 is 17.5 Å². The van der Waals surface area contributed by atoms with E-state index < -0.39 is 0 Å². The fourth-order valence-corrected chi connectivity index (χ4v) is 2.71. The number of benzene rings is 1. The SMILES string of the molecule is CCN(CC1CCCN1)C(=O)c1ccc(Cl)cc1OC. The number of hydrogen-bond donors (Lipinski definition) is 1. The summed E-state index contributed by atoms with van der Waals surface area (Å²) in [6.07, 6.45) is 2.31. The van der Waals surface area contributed by atoms with Gasteiger partial charge in [0.2, 0.25) is 0 Å². The maximum absolute atomic E-state index is 12.6. The first-order valence-electron chi connectivity index (χ1n) is 7.02. The van der Waals surface area contributed by atoms with Gasteiger partial charge in [-0.05, 0) is 44.5 Å². The molecule has 0 spiro atoms. The summed E-state index contributed by atoms with van der Waals surface area (Å²) in [6, 6.07) is 5.53. The molecule has 5 heteroatoms. The fraction of sp³-hybridized carbons (Fsp3) is 0.533. The van der Waals surface area contributed by atoms with Crippen molar-refractivity contribution in [3.8, 4) is 5.75 Å². The van der Waals surface area contributed by atoms with E-state index in [-0.39, 0.29) is 5.91 Å². The molecule has 0 aromatic heterocycles. The Balaban J connectivity index is 2.14. The highest BCUT2D eigenvalue weighted by Crippen LogP contribution is 2.24. The van der Waals surface area contributed by atoms with E-state index in [2.05, 4.69) is 5.32 Å². The van der Waals surface area contributed by atoms with E-state index in [0.717, 1.165) is 19.5 Å². The Morgan fingerprint density at radius 2 is 2.35 bits per heavy atom. The zero-order valence-electron chi connectivity index (χ0n) is 12.0. The predicted octanol–water partition coefficient (Wildman–Crippen LogP) is 2.56. The van der Waals surface area contributed by atoms with Gasteiger partial charge in [0.1, 0.15) is 5.75 Å². The number of carbonyl (C=O) groups is 1. The van der Waals surface area contributed by atoms with Crippen LogP contribution in [0.3, 0.4) is 0 Å². The number of hydrogen-bond acceptors (Lipinski definition) is 3. The minimum atomic E-state index is -0.00489. The molecule has 1 unspecified atom stereocenters. The summed E-state index contributed by atoms with van der Waals surface area (Å²) >= 11 is 5.94. The smallest absolute Gasteiger partial charge is 0.257 e. The molecule has 1 atom stereocenters. The molecule has 4 nitrogen and oxygen atoms in total. The van der Waals surface area contributed by atoms with Crippen molar-refractivity contribution in [1.82, 2.24) is 10.2 Å². The zero-order chi connectivity index (χ0) is 14.5. The summed E-state index contributed by atoms with van der Waals surface area (Å²) in [7, 11) is 1.55. The van der Waals surface area contributed by atoms with Crippen molar-refractivity contribution in [1.29, 1.82) is 0 Å². The molecule has 20 heavy (non-hydrogen) atoms. The van der Waals surface area contributed by atoms with E-state index in [1.54, 1.807) is 25.3 Å². The van der Waals surface area contributed by atoms with Crippen molar-refractivity contribution in [2.45, 2.75) is 25.8 Å². The predicted molar refractivity (Wildman–Crippen MR) is 80.6 cm³/mol. The van der Waals surface area contributed by atoms with Gasteiger partial charge in [0.15, 0.2) is 0 Å². The second-order valence-corrected chi connectivity index (χ2v) is 5.42. The highest BCUT2D eigenvalue weighted by molar-refractivity contribution is 6.30. The number of ether oxygens (including phenoxy) is 1. The third-order valence-electron chi connectivity index (χ3n) is 3.67. The first kappa shape index (κ1) is 15.1.